The molecule has 3 aromatic carbocycles. The number of hydrogen-bond acceptors (Lipinski definition) is 2. The van der Waals surface area contributed by atoms with E-state index in [0.717, 1.165) is 29.7 Å². The first-order valence-electron chi connectivity index (χ1n) is 9.94. The summed E-state index contributed by atoms with van der Waals surface area (Å²) in [5.74, 6) is 0. The van der Waals surface area contributed by atoms with Crippen molar-refractivity contribution >= 4 is 17.4 Å². The zero-order chi connectivity index (χ0) is 22.0. The van der Waals surface area contributed by atoms with E-state index in [9.17, 15) is 23.1 Å². The number of carbonyl (C=O) groups excluding carboxylic acids is 1. The maximum absolute atomic E-state index is 13.0. The molecule has 2 amide bonds. The van der Waals surface area contributed by atoms with Crippen molar-refractivity contribution in [2.24, 2.45) is 0 Å². The summed E-state index contributed by atoms with van der Waals surface area (Å²) in [7, 11) is 0. The van der Waals surface area contributed by atoms with Gasteiger partial charge in [-0.15, -0.1) is 0 Å². The van der Waals surface area contributed by atoms with Crippen molar-refractivity contribution in [2.45, 2.75) is 31.5 Å². The van der Waals surface area contributed by atoms with Gasteiger partial charge < -0.3 is 15.7 Å². The highest BCUT2D eigenvalue weighted by atomic mass is 19.4. The molecule has 4 nitrogen and oxygen atoms in total. The highest BCUT2D eigenvalue weighted by Crippen LogP contribution is 2.33. The van der Waals surface area contributed by atoms with Crippen LogP contribution in [-0.4, -0.2) is 17.2 Å². The normalized spacial score (nSPS) is 15.8. The Balaban J connectivity index is 1.51. The van der Waals surface area contributed by atoms with Crippen molar-refractivity contribution in [1.82, 2.24) is 0 Å². The molecule has 0 aromatic heterocycles. The summed E-state index contributed by atoms with van der Waals surface area (Å²) in [4.78, 5) is 12.5. The first-order chi connectivity index (χ1) is 14.8. The number of halogens is 3. The van der Waals surface area contributed by atoms with E-state index in [1.54, 1.807) is 36.4 Å². The van der Waals surface area contributed by atoms with E-state index in [-0.39, 0.29) is 0 Å². The van der Waals surface area contributed by atoms with Gasteiger partial charge in [0.05, 0.1) is 11.7 Å². The third kappa shape index (κ3) is 4.88. The van der Waals surface area contributed by atoms with Crippen LogP contribution in [0.4, 0.5) is 29.3 Å². The van der Waals surface area contributed by atoms with E-state index in [4.69, 9.17) is 0 Å². The average Bonchev–Trinajstić information content (AvgIpc) is 2.74. The summed E-state index contributed by atoms with van der Waals surface area (Å²) in [6, 6.07) is 16.9. The van der Waals surface area contributed by atoms with Crippen LogP contribution in [0.25, 0.3) is 11.1 Å². The van der Waals surface area contributed by atoms with E-state index in [1.165, 1.54) is 6.07 Å². The molecule has 31 heavy (non-hydrogen) atoms. The number of nitrogens with one attached hydrogen (secondary N) is 2. The first-order valence-corrected chi connectivity index (χ1v) is 9.94. The minimum atomic E-state index is -4.42. The fourth-order valence-electron chi connectivity index (χ4n) is 3.82. The molecule has 1 aliphatic rings. The van der Waals surface area contributed by atoms with Gasteiger partial charge in [-0.25, -0.2) is 4.79 Å². The van der Waals surface area contributed by atoms with Crippen LogP contribution in [0.2, 0.25) is 0 Å². The Labute approximate surface area is 177 Å². The lowest BCUT2D eigenvalue weighted by atomic mass is 9.88. The monoisotopic (exact) mass is 426 g/mol. The van der Waals surface area contributed by atoms with Crippen LogP contribution in [0.5, 0.6) is 0 Å². The van der Waals surface area contributed by atoms with Gasteiger partial charge in [0.15, 0.2) is 0 Å². The Bertz CT molecular complexity index is 1110. The highest BCUT2D eigenvalue weighted by molar-refractivity contribution is 6.00. The van der Waals surface area contributed by atoms with E-state index < -0.39 is 23.9 Å². The number of hydrogen-bond donors (Lipinski definition) is 3. The number of alkyl halides is 3. The van der Waals surface area contributed by atoms with Crippen molar-refractivity contribution in [2.75, 3.05) is 10.6 Å². The van der Waals surface area contributed by atoms with E-state index >= 15 is 0 Å². The number of aryl methyl sites for hydroxylation is 1. The zero-order valence-electron chi connectivity index (χ0n) is 16.5. The van der Waals surface area contributed by atoms with Crippen molar-refractivity contribution in [1.29, 1.82) is 0 Å². The first kappa shape index (κ1) is 20.9. The van der Waals surface area contributed by atoms with Gasteiger partial charge >= 0.3 is 12.2 Å². The second-order valence-electron chi connectivity index (χ2n) is 7.58. The topological polar surface area (TPSA) is 61.4 Å². The smallest absolute Gasteiger partial charge is 0.393 e. The maximum atomic E-state index is 13.0. The molecule has 0 saturated heterocycles. The van der Waals surface area contributed by atoms with Crippen molar-refractivity contribution in [3.8, 4) is 11.1 Å². The predicted molar refractivity (Wildman–Crippen MR) is 114 cm³/mol. The number of benzene rings is 3. The quantitative estimate of drug-likeness (QED) is 0.491. The number of anilines is 2. The predicted octanol–water partition coefficient (Wildman–Crippen LogP) is 5.87. The largest absolute Gasteiger partial charge is 0.416 e. The van der Waals surface area contributed by atoms with E-state index in [1.807, 2.05) is 12.1 Å². The van der Waals surface area contributed by atoms with Gasteiger partial charge in [-0.3, -0.25) is 0 Å². The second-order valence-corrected chi connectivity index (χ2v) is 7.58. The molecule has 3 aromatic rings. The van der Waals surface area contributed by atoms with Gasteiger partial charge in [0.2, 0.25) is 0 Å². The van der Waals surface area contributed by atoms with Crippen LogP contribution in [0.15, 0.2) is 66.7 Å². The molecule has 7 heteroatoms. The van der Waals surface area contributed by atoms with Crippen LogP contribution in [0, 0.1) is 0 Å². The second kappa shape index (κ2) is 8.43. The minimum absolute atomic E-state index is 0.407. The Morgan fingerprint density at radius 2 is 1.65 bits per heavy atom. The van der Waals surface area contributed by atoms with Crippen molar-refractivity contribution in [3.05, 3.63) is 83.4 Å². The zero-order valence-corrected chi connectivity index (χ0v) is 16.5. The van der Waals surface area contributed by atoms with Gasteiger partial charge in [0.1, 0.15) is 0 Å². The van der Waals surface area contributed by atoms with Crippen molar-refractivity contribution in [3.63, 3.8) is 0 Å². The van der Waals surface area contributed by atoms with E-state index in [2.05, 4.69) is 10.6 Å². The third-order valence-electron chi connectivity index (χ3n) is 5.35. The lowest BCUT2D eigenvalue weighted by Crippen LogP contribution is -2.24. The van der Waals surface area contributed by atoms with Gasteiger partial charge in [-0.05, 0) is 65.4 Å². The standard InChI is InChI=1S/C24H21F3N2O2/c25-24(26,27)18-7-1-5-16(12-18)17-6-2-8-19(13-17)28-23(31)29-22-9-3-4-15-10-11-20(30)14-21(15)22/h1-9,12-13,20,30H,10-11,14H2,(H2,28,29,31). The summed E-state index contributed by atoms with van der Waals surface area (Å²) in [6.07, 6.45) is -2.91. The van der Waals surface area contributed by atoms with Crippen LogP contribution < -0.4 is 10.6 Å². The Morgan fingerprint density at radius 3 is 2.42 bits per heavy atom. The molecule has 0 bridgehead atoms. The molecule has 0 spiro atoms. The molecule has 3 N–H and O–H groups in total. The van der Waals surface area contributed by atoms with Gasteiger partial charge in [-0.1, -0.05) is 36.4 Å². The number of fused-ring (bicyclic) bond motifs is 1. The minimum Gasteiger partial charge on any atom is -0.393 e. The maximum Gasteiger partial charge on any atom is 0.416 e. The Hall–Kier alpha value is -3.32. The summed E-state index contributed by atoms with van der Waals surface area (Å²) >= 11 is 0. The van der Waals surface area contributed by atoms with Gasteiger partial charge in [-0.2, -0.15) is 13.2 Å². The fourth-order valence-corrected chi connectivity index (χ4v) is 3.82. The molecule has 1 aliphatic carbocycles. The fraction of sp³-hybridized carbons (Fsp3) is 0.208. The molecule has 0 fully saturated rings. The number of urea groups is 1. The molecule has 160 valence electrons. The molecule has 0 heterocycles. The number of aliphatic hydroxyl groups is 1. The number of carbonyl (C=O) groups is 1. The van der Waals surface area contributed by atoms with E-state index in [0.29, 0.717) is 35.3 Å². The Kier molecular flexibility index (Phi) is 5.69. The summed E-state index contributed by atoms with van der Waals surface area (Å²) in [5, 5.41) is 15.5. The highest BCUT2D eigenvalue weighted by Gasteiger charge is 2.30. The lowest BCUT2D eigenvalue weighted by Gasteiger charge is -2.23. The van der Waals surface area contributed by atoms with Crippen molar-refractivity contribution < 1.29 is 23.1 Å². The lowest BCUT2D eigenvalue weighted by molar-refractivity contribution is -0.137. The van der Waals surface area contributed by atoms with Crippen LogP contribution in [-0.2, 0) is 19.0 Å². The summed E-state index contributed by atoms with van der Waals surface area (Å²) in [6.45, 7) is 0. The average molecular weight is 426 g/mol. The van der Waals surface area contributed by atoms with Gasteiger partial charge in [0.25, 0.3) is 0 Å². The molecular weight excluding hydrogens is 405 g/mol. The van der Waals surface area contributed by atoms with Crippen LogP contribution in [0.1, 0.15) is 23.1 Å². The molecule has 0 radical (unpaired) electrons. The molecule has 0 aliphatic heterocycles. The molecule has 1 atom stereocenters. The number of aliphatic hydroxyl groups excluding tert-OH is 1. The van der Waals surface area contributed by atoms with Crippen LogP contribution in [0.3, 0.4) is 0 Å². The number of rotatable bonds is 3. The Morgan fingerprint density at radius 1 is 0.935 bits per heavy atom. The summed E-state index contributed by atoms with van der Waals surface area (Å²) in [5.41, 5.74) is 3.37. The SMILES string of the molecule is O=C(Nc1cccc(-c2cccc(C(F)(F)F)c2)c1)Nc1cccc2c1CC(O)CC2. The van der Waals surface area contributed by atoms with Crippen LogP contribution >= 0.6 is 0 Å². The molecule has 4 rings (SSSR count). The molecular formula is C24H21F3N2O2. The molecule has 1 unspecified atom stereocenters. The summed E-state index contributed by atoms with van der Waals surface area (Å²) < 4.78 is 39.0. The third-order valence-corrected chi connectivity index (χ3v) is 5.35. The number of amides is 2. The van der Waals surface area contributed by atoms with Gasteiger partial charge in [0, 0.05) is 17.8 Å². The molecule has 0 saturated carbocycles.